The molecule has 3 aliphatic heterocycles. The van der Waals surface area contributed by atoms with Crippen LogP contribution in [0.5, 0.6) is 0 Å². The molecule has 2 saturated heterocycles. The minimum Gasteiger partial charge on any atom is -0.463 e. The maximum Gasteiger partial charge on any atom is 0.475 e. The standard InChI is InChI=1S/C19H27ClNO9P/c1-12(2)28-16(24)6-4-5-9-26-31(25)27-11-14-17(30-31)19(3,20)18(29-14)21-8-7-13(22)10-15(21)23/h7-8,12,14,17-18H,4-6,9-11H2,1-3H3/t14-,17-,18-,19-,31-/m1/s1. The first kappa shape index (κ1) is 24.4. The van der Waals surface area contributed by atoms with Crippen LogP contribution in [0.15, 0.2) is 12.3 Å². The van der Waals surface area contributed by atoms with Gasteiger partial charge < -0.3 is 9.47 Å². The number of carbonyl (C=O) groups is 3. The van der Waals surface area contributed by atoms with Crippen LogP contribution in [0.1, 0.15) is 46.5 Å². The Hall–Kier alpha value is -1.29. The summed E-state index contributed by atoms with van der Waals surface area (Å²) < 4.78 is 40.0. The van der Waals surface area contributed by atoms with Gasteiger partial charge >= 0.3 is 13.8 Å². The van der Waals surface area contributed by atoms with E-state index < -0.39 is 37.0 Å². The summed E-state index contributed by atoms with van der Waals surface area (Å²) in [5, 5.41) is 0. The summed E-state index contributed by atoms with van der Waals surface area (Å²) >= 11 is 6.68. The Bertz CT molecular complexity index is 799. The third-order valence-corrected chi connectivity index (χ3v) is 6.85. The second-order valence-electron chi connectivity index (χ2n) is 8.04. The number of phosphoric acid groups is 1. The van der Waals surface area contributed by atoms with Crippen LogP contribution >= 0.6 is 19.4 Å². The normalized spacial score (nSPS) is 35.5. The molecule has 1 amide bonds. The number of nitrogens with zero attached hydrogens (tertiary/aromatic N) is 1. The summed E-state index contributed by atoms with van der Waals surface area (Å²) in [5.74, 6) is -1.05. The topological polar surface area (TPSA) is 118 Å². The van der Waals surface area contributed by atoms with E-state index in [0.29, 0.717) is 12.8 Å². The van der Waals surface area contributed by atoms with Crippen LogP contribution in [-0.2, 0) is 42.0 Å². The molecule has 0 aromatic heterocycles. The Morgan fingerprint density at radius 3 is 2.81 bits per heavy atom. The fourth-order valence-electron chi connectivity index (χ4n) is 3.54. The fourth-order valence-corrected chi connectivity index (χ4v) is 5.45. The first-order chi connectivity index (χ1) is 14.5. The van der Waals surface area contributed by atoms with Crippen LogP contribution in [0.2, 0.25) is 0 Å². The molecule has 12 heteroatoms. The van der Waals surface area contributed by atoms with Crippen molar-refractivity contribution < 1.29 is 42.0 Å². The predicted octanol–water partition coefficient (Wildman–Crippen LogP) is 2.69. The lowest BCUT2D eigenvalue weighted by molar-refractivity contribution is -0.148. The molecule has 5 atom stereocenters. The zero-order valence-corrected chi connectivity index (χ0v) is 19.3. The Labute approximate surface area is 185 Å². The lowest BCUT2D eigenvalue weighted by Crippen LogP contribution is -2.51. The van der Waals surface area contributed by atoms with Crippen LogP contribution in [-0.4, -0.2) is 65.2 Å². The van der Waals surface area contributed by atoms with Gasteiger partial charge in [0.2, 0.25) is 5.91 Å². The number of phosphoric ester groups is 1. The summed E-state index contributed by atoms with van der Waals surface area (Å²) in [7, 11) is -3.90. The van der Waals surface area contributed by atoms with Gasteiger partial charge in [-0.1, -0.05) is 0 Å². The van der Waals surface area contributed by atoms with Gasteiger partial charge in [-0.15, -0.1) is 11.6 Å². The smallest absolute Gasteiger partial charge is 0.463 e. The Balaban J connectivity index is 1.54. The van der Waals surface area contributed by atoms with Gasteiger partial charge in [0.05, 0.1) is 25.7 Å². The second kappa shape index (κ2) is 9.68. The molecular weight excluding hydrogens is 453 g/mol. The number of hydrogen-bond donors (Lipinski definition) is 0. The van der Waals surface area contributed by atoms with Crippen LogP contribution < -0.4 is 0 Å². The zero-order valence-electron chi connectivity index (χ0n) is 17.7. The van der Waals surface area contributed by atoms with E-state index in [1.807, 2.05) is 0 Å². The minimum absolute atomic E-state index is 0.0579. The number of alkyl halides is 1. The van der Waals surface area contributed by atoms with Crippen molar-refractivity contribution in [2.24, 2.45) is 0 Å². The van der Waals surface area contributed by atoms with E-state index in [-0.39, 0.29) is 43.9 Å². The molecule has 0 aliphatic carbocycles. The van der Waals surface area contributed by atoms with Gasteiger partial charge in [0.1, 0.15) is 17.1 Å². The molecule has 0 bridgehead atoms. The molecule has 3 rings (SSSR count). The van der Waals surface area contributed by atoms with Gasteiger partial charge in [-0.05, 0) is 39.7 Å². The first-order valence-corrected chi connectivity index (χ1v) is 12.0. The number of ether oxygens (including phenoxy) is 2. The third-order valence-electron chi connectivity index (χ3n) is 5.00. The Morgan fingerprint density at radius 2 is 2.13 bits per heavy atom. The first-order valence-electron chi connectivity index (χ1n) is 10.2. The van der Waals surface area contributed by atoms with Gasteiger partial charge in [-0.3, -0.25) is 32.9 Å². The van der Waals surface area contributed by atoms with Crippen molar-refractivity contribution in [3.05, 3.63) is 12.3 Å². The molecule has 0 aromatic rings. The monoisotopic (exact) mass is 479 g/mol. The van der Waals surface area contributed by atoms with Crippen molar-refractivity contribution in [1.29, 1.82) is 0 Å². The highest BCUT2D eigenvalue weighted by atomic mass is 35.5. The molecule has 3 heterocycles. The lowest BCUT2D eigenvalue weighted by Gasteiger charge is -2.36. The number of hydrogen-bond acceptors (Lipinski definition) is 9. The molecule has 2 fully saturated rings. The second-order valence-corrected chi connectivity index (χ2v) is 10.5. The molecular formula is C19H27ClNO9P. The molecule has 3 aliphatic rings. The van der Waals surface area contributed by atoms with E-state index in [1.165, 1.54) is 17.2 Å². The number of carbonyl (C=O) groups excluding carboxylic acids is 3. The van der Waals surface area contributed by atoms with Crippen LogP contribution in [0.4, 0.5) is 0 Å². The van der Waals surface area contributed by atoms with Crippen molar-refractivity contribution in [2.45, 2.75) is 75.9 Å². The highest BCUT2D eigenvalue weighted by Gasteiger charge is 2.61. The lowest BCUT2D eigenvalue weighted by atomic mass is 9.99. The van der Waals surface area contributed by atoms with E-state index in [2.05, 4.69) is 0 Å². The summed E-state index contributed by atoms with van der Waals surface area (Å²) in [6.07, 6.45) is 0.893. The average molecular weight is 480 g/mol. The summed E-state index contributed by atoms with van der Waals surface area (Å²) in [4.78, 5) is 35.2. The third kappa shape index (κ3) is 5.74. The quantitative estimate of drug-likeness (QED) is 0.170. The Morgan fingerprint density at radius 1 is 1.39 bits per heavy atom. The number of amides is 1. The largest absolute Gasteiger partial charge is 0.475 e. The minimum atomic E-state index is -3.90. The number of halogens is 1. The maximum atomic E-state index is 12.9. The van der Waals surface area contributed by atoms with Crippen LogP contribution in [0.3, 0.4) is 0 Å². The molecule has 0 aromatic carbocycles. The van der Waals surface area contributed by atoms with E-state index >= 15 is 0 Å². The van der Waals surface area contributed by atoms with Crippen LogP contribution in [0, 0.1) is 0 Å². The average Bonchev–Trinajstić information content (AvgIpc) is 2.91. The van der Waals surface area contributed by atoms with Crippen molar-refractivity contribution in [1.82, 2.24) is 4.90 Å². The summed E-state index contributed by atoms with van der Waals surface area (Å²) in [6, 6.07) is 0. The molecule has 0 unspecified atom stereocenters. The maximum absolute atomic E-state index is 12.9. The van der Waals surface area contributed by atoms with Crippen molar-refractivity contribution in [3.8, 4) is 0 Å². The molecule has 0 saturated carbocycles. The van der Waals surface area contributed by atoms with Crippen LogP contribution in [0.25, 0.3) is 0 Å². The number of allylic oxidation sites excluding steroid dienone is 1. The van der Waals surface area contributed by atoms with Gasteiger partial charge in [-0.2, -0.15) is 0 Å². The highest BCUT2D eigenvalue weighted by molar-refractivity contribution is 7.48. The number of rotatable bonds is 8. The number of unbranched alkanes of at least 4 members (excludes halogenated alkanes) is 1. The predicted molar refractivity (Wildman–Crippen MR) is 108 cm³/mol. The number of esters is 1. The van der Waals surface area contributed by atoms with E-state index in [9.17, 15) is 18.9 Å². The van der Waals surface area contributed by atoms with Gasteiger partial charge in [-0.25, -0.2) is 4.57 Å². The summed E-state index contributed by atoms with van der Waals surface area (Å²) in [6.45, 7) is 5.12. The SMILES string of the molecule is CC(C)OC(=O)CCCCO[P@]1(=O)OC[C@H]2O[C@@H](N3C=CC(=O)CC3=O)[C@](C)(Cl)[C@@H]2O1. The molecule has 0 N–H and O–H groups in total. The molecule has 10 nitrogen and oxygen atoms in total. The van der Waals surface area contributed by atoms with E-state index in [4.69, 9.17) is 34.6 Å². The number of fused-ring (bicyclic) bond motifs is 1. The molecule has 174 valence electrons. The molecule has 31 heavy (non-hydrogen) atoms. The highest BCUT2D eigenvalue weighted by Crippen LogP contribution is 2.59. The van der Waals surface area contributed by atoms with Gasteiger partial charge in [0.25, 0.3) is 0 Å². The summed E-state index contributed by atoms with van der Waals surface area (Å²) in [5.41, 5.74) is 0. The van der Waals surface area contributed by atoms with Crippen molar-refractivity contribution in [3.63, 3.8) is 0 Å². The van der Waals surface area contributed by atoms with Gasteiger partial charge in [0, 0.05) is 12.6 Å². The van der Waals surface area contributed by atoms with E-state index in [0.717, 1.165) is 0 Å². The van der Waals surface area contributed by atoms with E-state index in [1.54, 1.807) is 20.8 Å². The molecule has 0 radical (unpaired) electrons. The van der Waals surface area contributed by atoms with Crippen molar-refractivity contribution in [2.75, 3.05) is 13.2 Å². The molecule has 0 spiro atoms. The van der Waals surface area contributed by atoms with Gasteiger partial charge in [0.15, 0.2) is 12.0 Å². The Kier molecular flexibility index (Phi) is 7.61. The zero-order chi connectivity index (χ0) is 22.8. The fraction of sp³-hybridized carbons (Fsp3) is 0.737. The van der Waals surface area contributed by atoms with Crippen molar-refractivity contribution >= 4 is 37.1 Å². The number of ketones is 1.